The zero-order chi connectivity index (χ0) is 17.7. The number of piperazine rings is 1. The van der Waals surface area contributed by atoms with E-state index < -0.39 is 10.0 Å². The van der Waals surface area contributed by atoms with Crippen molar-refractivity contribution in [3.8, 4) is 0 Å². The van der Waals surface area contributed by atoms with Crippen molar-refractivity contribution in [1.82, 2.24) is 9.21 Å². The van der Waals surface area contributed by atoms with Gasteiger partial charge in [0.15, 0.2) is 0 Å². The molecule has 6 heteroatoms. The Bertz CT molecular complexity index is 788. The quantitative estimate of drug-likeness (QED) is 0.775. The summed E-state index contributed by atoms with van der Waals surface area (Å²) in [5.74, 6) is 0.168. The van der Waals surface area contributed by atoms with Gasteiger partial charge in [0.2, 0.25) is 10.0 Å². The normalized spacial score (nSPS) is 16.8. The van der Waals surface area contributed by atoms with Crippen LogP contribution in [0.2, 0.25) is 5.02 Å². The van der Waals surface area contributed by atoms with Crippen LogP contribution in [-0.2, 0) is 23.0 Å². The van der Waals surface area contributed by atoms with Gasteiger partial charge in [-0.25, -0.2) is 8.42 Å². The summed E-state index contributed by atoms with van der Waals surface area (Å²) in [6.07, 6.45) is 0.559. The van der Waals surface area contributed by atoms with Crippen molar-refractivity contribution < 1.29 is 8.42 Å². The van der Waals surface area contributed by atoms with Gasteiger partial charge in [-0.15, -0.1) is 0 Å². The fourth-order valence-electron chi connectivity index (χ4n) is 3.05. The molecule has 1 aliphatic heterocycles. The second-order valence-electron chi connectivity index (χ2n) is 6.32. The summed E-state index contributed by atoms with van der Waals surface area (Å²) in [5.41, 5.74) is 2.15. The molecule has 134 valence electrons. The van der Waals surface area contributed by atoms with Crippen molar-refractivity contribution in [3.63, 3.8) is 0 Å². The topological polar surface area (TPSA) is 40.6 Å². The first kappa shape index (κ1) is 18.4. The Balaban J connectivity index is 1.52. The van der Waals surface area contributed by atoms with Crippen molar-refractivity contribution >= 4 is 21.6 Å². The zero-order valence-electron chi connectivity index (χ0n) is 14.1. The number of hydrogen-bond donors (Lipinski definition) is 0. The molecule has 0 saturated carbocycles. The molecule has 0 aliphatic carbocycles. The summed E-state index contributed by atoms with van der Waals surface area (Å²) in [7, 11) is -3.21. The van der Waals surface area contributed by atoms with Gasteiger partial charge in [0.1, 0.15) is 0 Å². The number of halogens is 1. The number of nitrogens with zero attached hydrogens (tertiary/aromatic N) is 2. The molecule has 0 N–H and O–H groups in total. The average molecular weight is 379 g/mol. The number of hydrogen-bond acceptors (Lipinski definition) is 3. The summed E-state index contributed by atoms with van der Waals surface area (Å²) >= 11 is 6.21. The first-order valence-corrected chi connectivity index (χ1v) is 10.5. The summed E-state index contributed by atoms with van der Waals surface area (Å²) in [4.78, 5) is 2.25. The minimum Gasteiger partial charge on any atom is -0.296 e. The number of rotatable bonds is 6. The van der Waals surface area contributed by atoms with E-state index in [-0.39, 0.29) is 5.75 Å². The molecule has 0 bridgehead atoms. The van der Waals surface area contributed by atoms with Gasteiger partial charge in [0.05, 0.1) is 5.75 Å². The fourth-order valence-corrected chi connectivity index (χ4v) is 4.72. The molecule has 0 unspecified atom stereocenters. The lowest BCUT2D eigenvalue weighted by Gasteiger charge is -2.34. The molecule has 0 radical (unpaired) electrons. The third kappa shape index (κ3) is 5.05. The first-order valence-electron chi connectivity index (χ1n) is 8.52. The molecule has 0 atom stereocenters. The van der Waals surface area contributed by atoms with Crippen molar-refractivity contribution in [2.75, 3.05) is 31.9 Å². The summed E-state index contributed by atoms with van der Waals surface area (Å²) in [5, 5.41) is 0.764. The van der Waals surface area contributed by atoms with Crippen LogP contribution < -0.4 is 0 Å². The lowest BCUT2D eigenvalue weighted by Crippen LogP contribution is -2.49. The van der Waals surface area contributed by atoms with Crippen LogP contribution in [0.5, 0.6) is 0 Å². The van der Waals surface area contributed by atoms with Gasteiger partial charge in [0.25, 0.3) is 0 Å². The van der Waals surface area contributed by atoms with Crippen LogP contribution in [0.4, 0.5) is 0 Å². The van der Waals surface area contributed by atoms with Crippen LogP contribution in [0.15, 0.2) is 54.6 Å². The zero-order valence-corrected chi connectivity index (χ0v) is 15.7. The molecule has 0 spiro atoms. The van der Waals surface area contributed by atoms with Gasteiger partial charge in [-0.05, 0) is 23.6 Å². The molecule has 1 aliphatic rings. The Morgan fingerprint density at radius 2 is 1.52 bits per heavy atom. The van der Waals surface area contributed by atoms with E-state index >= 15 is 0 Å². The number of benzene rings is 2. The monoisotopic (exact) mass is 378 g/mol. The number of aryl methyl sites for hydroxylation is 1. The van der Waals surface area contributed by atoms with E-state index in [9.17, 15) is 8.42 Å². The predicted molar refractivity (Wildman–Crippen MR) is 102 cm³/mol. The van der Waals surface area contributed by atoms with Gasteiger partial charge >= 0.3 is 0 Å². The van der Waals surface area contributed by atoms with Gasteiger partial charge in [-0.1, -0.05) is 60.1 Å². The molecule has 2 aromatic carbocycles. The Hall–Kier alpha value is -1.40. The highest BCUT2D eigenvalue weighted by molar-refractivity contribution is 7.89. The van der Waals surface area contributed by atoms with E-state index in [1.54, 1.807) is 4.31 Å². The van der Waals surface area contributed by atoms with Gasteiger partial charge in [0, 0.05) is 37.7 Å². The fraction of sp³-hybridized carbons (Fsp3) is 0.368. The Morgan fingerprint density at radius 3 is 2.20 bits per heavy atom. The second kappa shape index (κ2) is 8.32. The molecular weight excluding hydrogens is 356 g/mol. The molecule has 0 amide bonds. The van der Waals surface area contributed by atoms with Crippen LogP contribution in [0, 0.1) is 0 Å². The molecule has 25 heavy (non-hydrogen) atoms. The van der Waals surface area contributed by atoms with E-state index in [0.717, 1.165) is 35.8 Å². The van der Waals surface area contributed by atoms with Gasteiger partial charge < -0.3 is 0 Å². The molecule has 2 aromatic rings. The van der Waals surface area contributed by atoms with Crippen molar-refractivity contribution in [3.05, 3.63) is 70.7 Å². The lowest BCUT2D eigenvalue weighted by molar-refractivity contribution is 0.181. The van der Waals surface area contributed by atoms with E-state index in [1.807, 2.05) is 54.6 Å². The van der Waals surface area contributed by atoms with Crippen LogP contribution in [-0.4, -0.2) is 49.6 Å². The minimum absolute atomic E-state index is 0.168. The van der Waals surface area contributed by atoms with E-state index in [1.165, 1.54) is 0 Å². The predicted octanol–water partition coefficient (Wildman–Crippen LogP) is 3.03. The molecule has 3 rings (SSSR count). The van der Waals surface area contributed by atoms with Gasteiger partial charge in [-0.3, -0.25) is 4.90 Å². The second-order valence-corrected chi connectivity index (χ2v) is 8.81. The largest absolute Gasteiger partial charge is 0.296 e. The maximum Gasteiger partial charge on any atom is 0.214 e. The third-order valence-electron chi connectivity index (χ3n) is 4.57. The Morgan fingerprint density at radius 1 is 0.880 bits per heavy atom. The van der Waals surface area contributed by atoms with Crippen LogP contribution in [0.25, 0.3) is 0 Å². The highest BCUT2D eigenvalue weighted by Gasteiger charge is 2.26. The van der Waals surface area contributed by atoms with Crippen LogP contribution >= 0.6 is 11.6 Å². The summed E-state index contributed by atoms with van der Waals surface area (Å²) in [6, 6.07) is 17.6. The van der Waals surface area contributed by atoms with Crippen molar-refractivity contribution in [2.24, 2.45) is 0 Å². The SMILES string of the molecule is O=S(=O)(CCc1ccccc1)N1CCN(Cc2ccccc2Cl)CC1. The highest BCUT2D eigenvalue weighted by Crippen LogP contribution is 2.18. The number of sulfonamides is 1. The van der Waals surface area contributed by atoms with E-state index in [4.69, 9.17) is 11.6 Å². The molecule has 1 heterocycles. The average Bonchev–Trinajstić information content (AvgIpc) is 2.63. The summed E-state index contributed by atoms with van der Waals surface area (Å²) < 4.78 is 26.8. The highest BCUT2D eigenvalue weighted by atomic mass is 35.5. The third-order valence-corrected chi connectivity index (χ3v) is 6.81. The van der Waals surface area contributed by atoms with E-state index in [0.29, 0.717) is 19.5 Å². The Kier molecular flexibility index (Phi) is 6.12. The molecule has 1 saturated heterocycles. The molecule has 4 nitrogen and oxygen atoms in total. The van der Waals surface area contributed by atoms with Crippen LogP contribution in [0.1, 0.15) is 11.1 Å². The smallest absolute Gasteiger partial charge is 0.214 e. The Labute approximate surface area is 155 Å². The minimum atomic E-state index is -3.21. The maximum absolute atomic E-state index is 12.6. The lowest BCUT2D eigenvalue weighted by atomic mass is 10.2. The summed E-state index contributed by atoms with van der Waals surface area (Å²) in [6.45, 7) is 3.31. The van der Waals surface area contributed by atoms with E-state index in [2.05, 4.69) is 4.90 Å². The maximum atomic E-state index is 12.6. The first-order chi connectivity index (χ1) is 12.0. The van der Waals surface area contributed by atoms with Crippen molar-refractivity contribution in [2.45, 2.75) is 13.0 Å². The van der Waals surface area contributed by atoms with Crippen molar-refractivity contribution in [1.29, 1.82) is 0 Å². The standard InChI is InChI=1S/C19H23ClN2O2S/c20-19-9-5-4-8-18(19)16-21-11-13-22(14-12-21)25(23,24)15-10-17-6-2-1-3-7-17/h1-9H,10-16H2. The molecule has 1 fully saturated rings. The van der Waals surface area contributed by atoms with Crippen LogP contribution in [0.3, 0.4) is 0 Å². The van der Waals surface area contributed by atoms with Gasteiger partial charge in [-0.2, -0.15) is 4.31 Å². The molecule has 0 aromatic heterocycles. The molecular formula is C19H23ClN2O2S.